The summed E-state index contributed by atoms with van der Waals surface area (Å²) in [4.78, 5) is 9.66. The molecular weight excluding hydrogens is 358 g/mol. The number of hydroxylamine groups is 1. The minimum absolute atomic E-state index is 0.132. The summed E-state index contributed by atoms with van der Waals surface area (Å²) in [7, 11) is 0. The van der Waals surface area contributed by atoms with Gasteiger partial charge in [0.25, 0.3) is 0 Å². The Kier molecular flexibility index (Phi) is 6.23. The van der Waals surface area contributed by atoms with Gasteiger partial charge in [-0.3, -0.25) is 0 Å². The summed E-state index contributed by atoms with van der Waals surface area (Å²) in [6.07, 6.45) is 3.52. The minimum Gasteiger partial charge on any atom is -0.211 e. The molecule has 3 rings (SSSR count). The van der Waals surface area contributed by atoms with Crippen LogP contribution in [0.25, 0.3) is 27.6 Å². The summed E-state index contributed by atoms with van der Waals surface area (Å²) in [6.45, 7) is 2.09. The van der Waals surface area contributed by atoms with E-state index >= 15 is 0 Å². The third kappa shape index (κ3) is 4.36. The third-order valence-electron chi connectivity index (χ3n) is 3.88. The number of nitriles is 1. The van der Waals surface area contributed by atoms with Crippen molar-refractivity contribution in [3.8, 4) is 6.07 Å². The summed E-state index contributed by atoms with van der Waals surface area (Å²) in [6, 6.07) is 20.5. The van der Waals surface area contributed by atoms with Gasteiger partial charge in [0, 0.05) is 0 Å². The molecule has 3 aromatic carbocycles. The maximum atomic E-state index is 9.40. The lowest BCUT2D eigenvalue weighted by molar-refractivity contribution is -0.397. The van der Waals surface area contributed by atoms with E-state index in [9.17, 15) is 5.26 Å². The number of hydrazone groups is 1. The Bertz CT molecular complexity index is 1020. The van der Waals surface area contributed by atoms with Crippen LogP contribution >= 0.6 is 12.2 Å². The van der Waals surface area contributed by atoms with Crippen molar-refractivity contribution < 1.29 is 9.88 Å². The van der Waals surface area contributed by atoms with Crippen molar-refractivity contribution in [1.29, 1.82) is 5.26 Å². The van der Waals surface area contributed by atoms with Crippen LogP contribution in [0.5, 0.6) is 0 Å². The average molecular weight is 375 g/mol. The van der Waals surface area contributed by atoms with Gasteiger partial charge in [-0.25, -0.2) is 4.89 Å². The monoisotopic (exact) mass is 375 g/mol. The lowest BCUT2D eigenvalue weighted by Crippen LogP contribution is -2.17. The molecule has 0 aromatic heterocycles. The van der Waals surface area contributed by atoms with E-state index in [-0.39, 0.29) is 5.71 Å². The van der Waals surface area contributed by atoms with Crippen molar-refractivity contribution in [2.75, 3.05) is 6.61 Å². The number of fused-ring (bicyclic) bond motifs is 2. The molecule has 3 aromatic rings. The Morgan fingerprint density at radius 3 is 2.33 bits per heavy atom. The zero-order chi connectivity index (χ0) is 19.1. The molecule has 0 saturated heterocycles. The van der Waals surface area contributed by atoms with Gasteiger partial charge in [0.15, 0.2) is 5.71 Å². The van der Waals surface area contributed by atoms with Crippen molar-refractivity contribution in [2.24, 2.45) is 5.10 Å². The van der Waals surface area contributed by atoms with Crippen LogP contribution in [0, 0.1) is 11.3 Å². The highest BCUT2D eigenvalue weighted by Gasteiger charge is 2.06. The summed E-state index contributed by atoms with van der Waals surface area (Å²) >= 11 is 4.81. The van der Waals surface area contributed by atoms with E-state index in [0.29, 0.717) is 6.61 Å². The summed E-state index contributed by atoms with van der Waals surface area (Å²) < 4.78 is 0. The Morgan fingerprint density at radius 1 is 1.15 bits per heavy atom. The molecule has 134 valence electrons. The molecule has 0 bridgehead atoms. The maximum Gasteiger partial charge on any atom is 0.163 e. The quantitative estimate of drug-likeness (QED) is 0.191. The second-order valence-electron chi connectivity index (χ2n) is 5.55. The van der Waals surface area contributed by atoms with E-state index in [1.807, 2.05) is 36.4 Å². The van der Waals surface area contributed by atoms with Gasteiger partial charge >= 0.3 is 0 Å². The zero-order valence-electron chi connectivity index (χ0n) is 14.7. The largest absolute Gasteiger partial charge is 0.211 e. The van der Waals surface area contributed by atoms with Gasteiger partial charge in [0.05, 0.1) is 6.61 Å². The molecule has 0 radical (unpaired) electrons. The van der Waals surface area contributed by atoms with Gasteiger partial charge in [-0.2, -0.15) is 5.26 Å². The standard InChI is InChI=1S/C21H17N3O2S/c1-2-25-26-24(15-27)23-18(14-22)11-12-21-19-9-5-3-7-16(19)13-17-8-4-6-10-20(17)21/h3-13,15H,2H2,1H3/b12-11+,23-18+. The Labute approximate surface area is 162 Å². The molecule has 0 N–H and O–H groups in total. The molecule has 0 aliphatic carbocycles. The number of benzene rings is 3. The molecular formula is C21H17N3O2S. The predicted molar refractivity (Wildman–Crippen MR) is 112 cm³/mol. The van der Waals surface area contributed by atoms with Gasteiger partial charge in [0.2, 0.25) is 0 Å². The Morgan fingerprint density at radius 2 is 1.78 bits per heavy atom. The third-order valence-corrected chi connectivity index (χ3v) is 4.06. The van der Waals surface area contributed by atoms with Gasteiger partial charge in [0.1, 0.15) is 11.6 Å². The molecule has 6 heteroatoms. The van der Waals surface area contributed by atoms with Crippen LogP contribution < -0.4 is 0 Å². The van der Waals surface area contributed by atoms with E-state index in [1.165, 1.54) is 0 Å². The smallest absolute Gasteiger partial charge is 0.163 e. The van der Waals surface area contributed by atoms with Crippen LogP contribution in [0.3, 0.4) is 0 Å². The molecule has 0 atom stereocenters. The molecule has 0 aliphatic heterocycles. The van der Waals surface area contributed by atoms with Crippen molar-refractivity contribution in [2.45, 2.75) is 6.92 Å². The highest BCUT2D eigenvalue weighted by atomic mass is 32.1. The fraction of sp³-hybridized carbons (Fsp3) is 0.0952. The van der Waals surface area contributed by atoms with Crippen molar-refractivity contribution in [3.63, 3.8) is 0 Å². The van der Waals surface area contributed by atoms with Gasteiger partial charge in [-0.1, -0.05) is 71.8 Å². The molecule has 0 aliphatic rings. The molecule has 5 nitrogen and oxygen atoms in total. The van der Waals surface area contributed by atoms with Crippen LogP contribution in [-0.2, 0) is 9.88 Å². The summed E-state index contributed by atoms with van der Waals surface area (Å²) in [5, 5.41) is 18.8. The molecule has 0 saturated carbocycles. The first-order valence-corrected chi connectivity index (χ1v) is 8.85. The van der Waals surface area contributed by atoms with Crippen molar-refractivity contribution in [3.05, 3.63) is 66.2 Å². The number of nitrogens with zero attached hydrogens (tertiary/aromatic N) is 3. The Balaban J connectivity index is 2.05. The first-order valence-electron chi connectivity index (χ1n) is 8.38. The molecule has 0 fully saturated rings. The predicted octanol–water partition coefficient (Wildman–Crippen LogP) is 5.03. The van der Waals surface area contributed by atoms with Gasteiger partial charge in [-0.15, -0.1) is 10.3 Å². The van der Waals surface area contributed by atoms with Crippen LogP contribution in [0.4, 0.5) is 0 Å². The lowest BCUT2D eigenvalue weighted by Gasteiger charge is -2.10. The molecule has 0 heterocycles. The van der Waals surface area contributed by atoms with E-state index < -0.39 is 0 Å². The molecule has 27 heavy (non-hydrogen) atoms. The maximum absolute atomic E-state index is 9.40. The number of hydrogen-bond donors (Lipinski definition) is 0. The summed E-state index contributed by atoms with van der Waals surface area (Å²) in [5.41, 5.74) is 2.30. The van der Waals surface area contributed by atoms with Gasteiger partial charge < -0.3 is 0 Å². The number of allylic oxidation sites excluding steroid dienone is 1. The first kappa shape index (κ1) is 18.7. The lowest BCUT2D eigenvalue weighted by atomic mass is 9.96. The number of hydrogen-bond acceptors (Lipinski definition) is 5. The van der Waals surface area contributed by atoms with Crippen LogP contribution in [0.15, 0.2) is 65.8 Å². The van der Waals surface area contributed by atoms with Gasteiger partial charge in [-0.05, 0) is 46.2 Å². The zero-order valence-corrected chi connectivity index (χ0v) is 15.5. The first-order chi connectivity index (χ1) is 13.3. The van der Waals surface area contributed by atoms with Crippen molar-refractivity contribution in [1.82, 2.24) is 5.17 Å². The minimum atomic E-state index is 0.132. The topological polar surface area (TPSA) is 57.9 Å². The second kappa shape index (κ2) is 9.01. The van der Waals surface area contributed by atoms with Crippen LogP contribution in [0.1, 0.15) is 12.5 Å². The fourth-order valence-corrected chi connectivity index (χ4v) is 2.84. The highest BCUT2D eigenvalue weighted by molar-refractivity contribution is 7.78. The van der Waals surface area contributed by atoms with Crippen LogP contribution in [0.2, 0.25) is 0 Å². The number of rotatable bonds is 7. The van der Waals surface area contributed by atoms with Crippen LogP contribution in [-0.4, -0.2) is 23.0 Å². The van der Waals surface area contributed by atoms with E-state index in [1.54, 1.807) is 13.0 Å². The second-order valence-corrected chi connectivity index (χ2v) is 5.76. The van der Waals surface area contributed by atoms with E-state index in [4.69, 9.17) is 22.1 Å². The summed E-state index contributed by atoms with van der Waals surface area (Å²) in [5.74, 6) is 0. The fourth-order valence-electron chi connectivity index (χ4n) is 2.75. The highest BCUT2D eigenvalue weighted by Crippen LogP contribution is 2.29. The normalized spacial score (nSPS) is 11.8. The average Bonchev–Trinajstić information content (AvgIpc) is 2.72. The van der Waals surface area contributed by atoms with E-state index in [0.717, 1.165) is 37.8 Å². The molecule has 0 spiro atoms. The number of thiocarbonyl (C=S) groups is 1. The SMILES string of the molecule is CCOON(C=S)/N=C(C#N)\C=C\c1c2ccccc2cc2ccccc12. The van der Waals surface area contributed by atoms with Crippen molar-refractivity contribution >= 4 is 51.0 Å². The van der Waals surface area contributed by atoms with E-state index in [2.05, 4.69) is 35.4 Å². The molecule has 0 unspecified atom stereocenters. The Hall–Kier alpha value is -3.11. The molecule has 0 amide bonds.